The van der Waals surface area contributed by atoms with Gasteiger partial charge in [0.1, 0.15) is 109 Å². The van der Waals surface area contributed by atoms with E-state index < -0.39 is 217 Å². The van der Waals surface area contributed by atoms with Crippen molar-refractivity contribution in [2.45, 2.75) is 254 Å². The van der Waals surface area contributed by atoms with Crippen molar-refractivity contribution in [3.05, 3.63) is 35.5 Å². The Morgan fingerprint density at radius 1 is 0.689 bits per heavy atom. The summed E-state index contributed by atoms with van der Waals surface area (Å²) in [7, 11) is -4.04. The summed E-state index contributed by atoms with van der Waals surface area (Å²) >= 11 is 0. The summed E-state index contributed by atoms with van der Waals surface area (Å²) in [4.78, 5) is 27.6. The van der Waals surface area contributed by atoms with E-state index in [1.807, 2.05) is 39.0 Å². The quantitative estimate of drug-likeness (QED) is 0.0355. The maximum atomic E-state index is 14.7. The molecule has 0 aromatic rings. The summed E-state index contributed by atoms with van der Waals surface area (Å²) in [6, 6.07) is 0. The highest BCUT2D eigenvalue weighted by atomic mass is 32.3. The van der Waals surface area contributed by atoms with Crippen molar-refractivity contribution in [1.82, 2.24) is 0 Å². The van der Waals surface area contributed by atoms with Gasteiger partial charge in [0.2, 0.25) is 0 Å². The average molecular weight is 1310 g/mol. The van der Waals surface area contributed by atoms with Crippen LogP contribution < -0.4 is 0 Å². The van der Waals surface area contributed by atoms with E-state index in [1.165, 1.54) is 21.0 Å². The number of cyclic esters (lactones) is 1. The van der Waals surface area contributed by atoms with Gasteiger partial charge in [0.25, 0.3) is 0 Å². The molecule has 29 nitrogen and oxygen atoms in total. The lowest BCUT2D eigenvalue weighted by molar-refractivity contribution is -0.402. The van der Waals surface area contributed by atoms with Crippen LogP contribution in [0.1, 0.15) is 101 Å². The summed E-state index contributed by atoms with van der Waals surface area (Å²) in [6.45, 7) is 14.6. The number of esters is 2. The lowest BCUT2D eigenvalue weighted by atomic mass is 9.41. The zero-order valence-corrected chi connectivity index (χ0v) is 53.0. The number of methoxy groups -OCH3 is 1. The fourth-order valence-corrected chi connectivity index (χ4v) is 17.6. The summed E-state index contributed by atoms with van der Waals surface area (Å²) in [5.41, 5.74) is -1.74. The van der Waals surface area contributed by atoms with Crippen LogP contribution >= 0.6 is 0 Å². The number of rotatable bonds is 17. The first-order valence-electron chi connectivity index (χ1n) is 30.9. The molecular weight excluding hydrogens is 1220 g/mol. The molecule has 0 aromatic heterocycles. The van der Waals surface area contributed by atoms with Gasteiger partial charge in [-0.1, -0.05) is 57.1 Å². The van der Waals surface area contributed by atoms with Gasteiger partial charge in [-0.25, -0.2) is 4.18 Å². The molecule has 4 aliphatic carbocycles. The highest BCUT2D eigenvalue weighted by molar-refractivity contribution is 7.80. The Kier molecular flexibility index (Phi) is 20.5. The molecule has 0 radical (unpaired) electrons. The normalized spacial score (nSPS) is 50.2. The van der Waals surface area contributed by atoms with Crippen molar-refractivity contribution in [3.63, 3.8) is 0 Å². The number of fused-ring (bicyclic) bond motifs is 4. The van der Waals surface area contributed by atoms with Crippen molar-refractivity contribution < 1.29 is 139 Å². The van der Waals surface area contributed by atoms with Gasteiger partial charge >= 0.3 is 22.3 Å². The van der Waals surface area contributed by atoms with Crippen LogP contribution in [0.4, 0.5) is 0 Å². The van der Waals surface area contributed by atoms with Crippen LogP contribution in [-0.4, -0.2) is 263 Å². The molecule has 9 fully saturated rings. The summed E-state index contributed by atoms with van der Waals surface area (Å²) < 4.78 is 118. The van der Waals surface area contributed by atoms with Gasteiger partial charge in [-0.2, -0.15) is 8.42 Å². The van der Waals surface area contributed by atoms with Crippen molar-refractivity contribution in [2.24, 2.45) is 39.4 Å². The molecular formula is C60H92O29S. The topological polar surface area (TPSA) is 420 Å². The van der Waals surface area contributed by atoms with Gasteiger partial charge in [0.05, 0.1) is 50.0 Å². The molecule has 1 spiro atoms. The Labute approximate surface area is 522 Å². The third kappa shape index (κ3) is 12.5. The SMILES string of the molecule is COC1C(O)COC(OC2C(O)C(CO)OC(OC3C(C)OC(OC4C(OC5CCC6(C)C7CCC89C(=O)OC(C)(/C=C/C=C(C)C)C8C(OC(C)=O)CC9(C)C7=CCC6C5(C)C)OCC(OS(=O)(=O)O)C4O)C(OC4OCC(O)C(O)C4O)C3O)C2O)C1O. The lowest BCUT2D eigenvalue weighted by Gasteiger charge is -2.63. The number of allylic oxidation sites excluding steroid dienone is 5. The Balaban J connectivity index is 0.919. The number of hydrogen-bond donors (Lipinski definition) is 11. The smallest absolute Gasteiger partial charge is 0.397 e. The van der Waals surface area contributed by atoms with E-state index >= 15 is 0 Å². The van der Waals surface area contributed by atoms with Crippen LogP contribution in [0, 0.1) is 39.4 Å². The molecule has 6 heterocycles. The third-order valence-corrected chi connectivity index (χ3v) is 22.0. The van der Waals surface area contributed by atoms with E-state index in [0.717, 1.165) is 11.1 Å². The van der Waals surface area contributed by atoms with E-state index in [9.17, 15) is 73.6 Å². The third-order valence-electron chi connectivity index (χ3n) is 21.5. The summed E-state index contributed by atoms with van der Waals surface area (Å²) in [6.07, 6.45) is -28.5. The molecule has 0 bridgehead atoms. The Morgan fingerprint density at radius 3 is 1.97 bits per heavy atom. The zero-order chi connectivity index (χ0) is 65.7. The van der Waals surface area contributed by atoms with E-state index in [4.69, 9.17) is 65.8 Å². The molecule has 31 unspecified atom stereocenters. The molecule has 0 amide bonds. The minimum absolute atomic E-state index is 0.0276. The van der Waals surface area contributed by atoms with Gasteiger partial charge < -0.3 is 113 Å². The van der Waals surface area contributed by atoms with E-state index in [1.54, 1.807) is 0 Å². The molecule has 0 aromatic carbocycles. The first-order chi connectivity index (χ1) is 42.2. The second-order valence-electron chi connectivity index (χ2n) is 27.6. The molecule has 6 saturated heterocycles. The summed E-state index contributed by atoms with van der Waals surface area (Å²) in [5.74, 6) is -1.36. The van der Waals surface area contributed by atoms with Crippen LogP contribution in [0.5, 0.6) is 0 Å². The molecule has 10 aliphatic rings. The van der Waals surface area contributed by atoms with Gasteiger partial charge in [-0.05, 0) is 95.0 Å². The van der Waals surface area contributed by atoms with Crippen molar-refractivity contribution in [1.29, 1.82) is 0 Å². The standard InChI is InChI=1S/C60H92O29S/c1-25(2)12-11-17-59(9)49-32(81-27(4)62)20-58(8)29-13-14-35-56(5,6)36(16-18-57(35,7)28(29)15-19-60(49,58)55(72)88-59)83-53-47(39(67)34(24-79-53)89-90(73,74)75)87-54-48(86-50-40(68)37(65)30(63)22-77-50)41(69)44(26(3)80-54)84-52-43(71)46(38(66)33(21-61)82-52)85-51-42(70)45(76-10)31(64)23-78-51/h11-13,17,26,28,30-54,61,63-71H,14-16,18-24H2,1-10H3,(H,73,74,75)/b17-11+. The highest BCUT2D eigenvalue weighted by Gasteiger charge is 2.79. The van der Waals surface area contributed by atoms with Gasteiger partial charge in [0.15, 0.2) is 31.5 Å². The Morgan fingerprint density at radius 2 is 1.31 bits per heavy atom. The maximum Gasteiger partial charge on any atom is 0.397 e. The molecule has 512 valence electrons. The molecule has 10 rings (SSSR count). The van der Waals surface area contributed by atoms with Crippen LogP contribution in [0.3, 0.4) is 0 Å². The minimum atomic E-state index is -5.27. The number of aliphatic hydroxyl groups excluding tert-OH is 10. The average Bonchev–Trinajstić information content (AvgIpc) is 1.52. The molecule has 31 atom stereocenters. The molecule has 6 aliphatic heterocycles. The van der Waals surface area contributed by atoms with Crippen molar-refractivity contribution in [3.8, 4) is 0 Å². The maximum absolute atomic E-state index is 14.7. The van der Waals surface area contributed by atoms with Crippen LogP contribution in [0.25, 0.3) is 0 Å². The van der Waals surface area contributed by atoms with Crippen LogP contribution in [-0.2, 0) is 85.8 Å². The van der Waals surface area contributed by atoms with Crippen LogP contribution in [0.2, 0.25) is 0 Å². The number of carbonyl (C=O) groups is 2. The predicted octanol–water partition coefficient (Wildman–Crippen LogP) is -1.14. The number of ether oxygens (including phenoxy) is 13. The molecule has 3 saturated carbocycles. The van der Waals surface area contributed by atoms with Gasteiger partial charge in [-0.15, -0.1) is 0 Å². The lowest BCUT2D eigenvalue weighted by Crippen LogP contribution is -2.67. The zero-order valence-electron chi connectivity index (χ0n) is 52.1. The summed E-state index contributed by atoms with van der Waals surface area (Å²) in [5, 5.41) is 111. The van der Waals surface area contributed by atoms with E-state index in [0.29, 0.717) is 38.5 Å². The van der Waals surface area contributed by atoms with Crippen molar-refractivity contribution >= 4 is 22.3 Å². The fraction of sp³-hybridized carbons (Fsp3) is 0.867. The Bertz CT molecular complexity index is 2780. The first kappa shape index (κ1) is 70.0. The second kappa shape index (κ2) is 26.3. The molecule has 11 N–H and O–H groups in total. The van der Waals surface area contributed by atoms with E-state index in [2.05, 4.69) is 33.8 Å². The monoisotopic (exact) mass is 1310 g/mol. The molecule has 30 heteroatoms. The van der Waals surface area contributed by atoms with Crippen LogP contribution in [0.15, 0.2) is 35.5 Å². The predicted molar refractivity (Wildman–Crippen MR) is 302 cm³/mol. The largest absolute Gasteiger partial charge is 0.462 e. The first-order valence-corrected chi connectivity index (χ1v) is 32.3. The van der Waals surface area contributed by atoms with Gasteiger partial charge in [-0.3, -0.25) is 14.1 Å². The fourth-order valence-electron chi connectivity index (χ4n) is 17.1. The Hall–Kier alpha value is -2.81. The number of hydrogen-bond acceptors (Lipinski definition) is 28. The number of aliphatic hydroxyl groups is 10. The highest BCUT2D eigenvalue weighted by Crippen LogP contribution is 2.76. The second-order valence-corrected chi connectivity index (χ2v) is 28.7. The van der Waals surface area contributed by atoms with Crippen molar-refractivity contribution in [2.75, 3.05) is 33.5 Å². The van der Waals surface area contributed by atoms with E-state index in [-0.39, 0.29) is 24.4 Å². The number of carbonyl (C=O) groups excluding carboxylic acids is 2. The minimum Gasteiger partial charge on any atom is -0.462 e. The van der Waals surface area contributed by atoms with Gasteiger partial charge in [0, 0.05) is 19.4 Å². The molecule has 90 heavy (non-hydrogen) atoms.